The lowest BCUT2D eigenvalue weighted by molar-refractivity contribution is -0.128. The summed E-state index contributed by atoms with van der Waals surface area (Å²) in [6.07, 6.45) is 4.18. The van der Waals surface area contributed by atoms with Crippen LogP contribution in [0.1, 0.15) is 51.8 Å². The first-order valence-electron chi connectivity index (χ1n) is 13.1. The Balaban J connectivity index is 1.28. The maximum Gasteiger partial charge on any atom is 0.212 e. The molecule has 2 aliphatic carbocycles. The Morgan fingerprint density at radius 1 is 1.22 bits per heavy atom. The fraction of sp³-hybridized carbons (Fsp3) is 0.593. The van der Waals surface area contributed by atoms with Gasteiger partial charge in [0.05, 0.1) is 23.4 Å². The third kappa shape index (κ3) is 4.42. The Kier molecular flexibility index (Phi) is 6.79. The van der Waals surface area contributed by atoms with Gasteiger partial charge >= 0.3 is 0 Å². The first kappa shape index (κ1) is 26.1. The minimum atomic E-state index is -3.57. The summed E-state index contributed by atoms with van der Waals surface area (Å²) in [5.41, 5.74) is 7.70. The number of aromatic nitrogens is 3. The first-order chi connectivity index (χ1) is 17.6. The average Bonchev–Trinajstić information content (AvgIpc) is 3.39. The highest BCUT2D eigenvalue weighted by molar-refractivity contribution is 7.89. The standard InChI is InChI=1S/C27H37N5O4S/c1-26(2)18-10-12-27(26,21(33)16-18)17-37(34,35)29-13-6-7-14-32-22(11-15-36-3)31-23-24(32)19-8-4-5-9-20(19)30-25(23)28/h4-5,8-9,18,29H,6-7,10-17H2,1-3H3,(H2,28,30)/t18?,27-/m0/s1. The molecule has 0 aliphatic heterocycles. The molecule has 0 amide bonds. The summed E-state index contributed by atoms with van der Waals surface area (Å²) < 4.78 is 36.3. The molecule has 2 fully saturated rings. The molecule has 3 N–H and O–H groups in total. The van der Waals surface area contributed by atoms with Crippen molar-refractivity contribution < 1.29 is 17.9 Å². The number of Topliss-reactive ketones (excluding diaryl/α,β-unsaturated/α-hetero) is 1. The van der Waals surface area contributed by atoms with Gasteiger partial charge in [-0.25, -0.2) is 23.1 Å². The number of aryl methyl sites for hydroxylation is 1. The molecule has 2 atom stereocenters. The van der Waals surface area contributed by atoms with Crippen LogP contribution < -0.4 is 10.5 Å². The van der Waals surface area contributed by atoms with Crippen molar-refractivity contribution in [1.82, 2.24) is 19.3 Å². The van der Waals surface area contributed by atoms with E-state index >= 15 is 0 Å². The molecule has 2 saturated carbocycles. The van der Waals surface area contributed by atoms with E-state index in [2.05, 4.69) is 28.1 Å². The molecule has 0 saturated heterocycles. The van der Waals surface area contributed by atoms with Crippen LogP contribution in [0.3, 0.4) is 0 Å². The maximum atomic E-state index is 13.0. The third-order valence-corrected chi connectivity index (χ3v) is 10.4. The number of ether oxygens (including phenoxy) is 1. The van der Waals surface area contributed by atoms with Crippen LogP contribution in [0.5, 0.6) is 0 Å². The zero-order valence-corrected chi connectivity index (χ0v) is 22.7. The second kappa shape index (κ2) is 9.63. The second-order valence-electron chi connectivity index (χ2n) is 11.2. The molecule has 5 rings (SSSR count). The van der Waals surface area contributed by atoms with Gasteiger partial charge in [0.1, 0.15) is 17.1 Å². The number of fused-ring (bicyclic) bond motifs is 5. The molecule has 2 bridgehead atoms. The number of rotatable bonds is 11. The Morgan fingerprint density at radius 2 is 2.00 bits per heavy atom. The summed E-state index contributed by atoms with van der Waals surface area (Å²) in [6.45, 7) is 5.66. The SMILES string of the molecule is COCCc1nc2c(N)nc3ccccc3c2n1CCCCNS(=O)(=O)C[C@@]12CCC(CC1=O)C2(C)C. The molecule has 2 heterocycles. The summed E-state index contributed by atoms with van der Waals surface area (Å²) >= 11 is 0. The predicted molar refractivity (Wildman–Crippen MR) is 145 cm³/mol. The van der Waals surface area contributed by atoms with Crippen LogP contribution in [-0.4, -0.2) is 54.8 Å². The number of para-hydroxylation sites is 1. The number of nitrogen functional groups attached to an aromatic ring is 1. The largest absolute Gasteiger partial charge is 0.384 e. The van der Waals surface area contributed by atoms with Gasteiger partial charge in [0.15, 0.2) is 5.82 Å². The van der Waals surface area contributed by atoms with Gasteiger partial charge in [-0.15, -0.1) is 0 Å². The van der Waals surface area contributed by atoms with E-state index in [0.29, 0.717) is 62.6 Å². The van der Waals surface area contributed by atoms with Gasteiger partial charge in [0.25, 0.3) is 0 Å². The van der Waals surface area contributed by atoms with Crippen molar-refractivity contribution >= 4 is 43.6 Å². The van der Waals surface area contributed by atoms with Gasteiger partial charge in [0.2, 0.25) is 10.0 Å². The zero-order valence-electron chi connectivity index (χ0n) is 21.9. The summed E-state index contributed by atoms with van der Waals surface area (Å²) in [6, 6.07) is 7.87. The lowest BCUT2D eigenvalue weighted by atomic mass is 9.70. The normalized spacial score (nSPS) is 23.0. The van der Waals surface area contributed by atoms with Gasteiger partial charge in [-0.2, -0.15) is 0 Å². The molecule has 1 aromatic carbocycles. The number of carbonyl (C=O) groups is 1. The maximum absolute atomic E-state index is 13.0. The monoisotopic (exact) mass is 527 g/mol. The molecule has 37 heavy (non-hydrogen) atoms. The van der Waals surface area contributed by atoms with Crippen LogP contribution in [0.2, 0.25) is 0 Å². The molecule has 200 valence electrons. The number of methoxy groups -OCH3 is 1. The predicted octanol–water partition coefficient (Wildman–Crippen LogP) is 3.45. The van der Waals surface area contributed by atoms with E-state index in [1.807, 2.05) is 24.3 Å². The number of nitrogens with one attached hydrogen (secondary N) is 1. The minimum absolute atomic E-state index is 0.103. The van der Waals surface area contributed by atoms with Crippen molar-refractivity contribution in [3.8, 4) is 0 Å². The highest BCUT2D eigenvalue weighted by Gasteiger charge is 2.65. The first-order valence-corrected chi connectivity index (χ1v) is 14.8. The Bertz CT molecular complexity index is 1450. The number of anilines is 1. The van der Waals surface area contributed by atoms with Gasteiger partial charge in [0, 0.05) is 43.8 Å². The lowest BCUT2D eigenvalue weighted by Crippen LogP contribution is -2.45. The highest BCUT2D eigenvalue weighted by Crippen LogP contribution is 2.64. The Labute approximate surface area is 218 Å². The molecule has 10 heteroatoms. The number of pyridine rings is 1. The second-order valence-corrected chi connectivity index (χ2v) is 13.0. The number of nitrogens with two attached hydrogens (primary N) is 1. The van der Waals surface area contributed by atoms with Crippen molar-refractivity contribution in [1.29, 1.82) is 0 Å². The van der Waals surface area contributed by atoms with E-state index < -0.39 is 15.4 Å². The molecule has 0 radical (unpaired) electrons. The molecule has 9 nitrogen and oxygen atoms in total. The number of imidazole rings is 1. The summed E-state index contributed by atoms with van der Waals surface area (Å²) in [5, 5.41) is 0.988. The number of unbranched alkanes of at least 4 members (excludes halogenated alkanes) is 1. The smallest absolute Gasteiger partial charge is 0.212 e. The zero-order chi connectivity index (χ0) is 26.4. The van der Waals surface area contributed by atoms with E-state index in [-0.39, 0.29) is 17.0 Å². The van der Waals surface area contributed by atoms with E-state index in [0.717, 1.165) is 35.1 Å². The Hall–Kier alpha value is -2.56. The summed E-state index contributed by atoms with van der Waals surface area (Å²) in [7, 11) is -1.90. The number of hydrogen-bond acceptors (Lipinski definition) is 7. The van der Waals surface area contributed by atoms with Crippen molar-refractivity contribution in [3.05, 3.63) is 30.1 Å². The van der Waals surface area contributed by atoms with E-state index in [4.69, 9.17) is 15.5 Å². The number of hydrogen-bond donors (Lipinski definition) is 2. The van der Waals surface area contributed by atoms with Crippen LogP contribution >= 0.6 is 0 Å². The van der Waals surface area contributed by atoms with Crippen LogP contribution in [0.15, 0.2) is 24.3 Å². The minimum Gasteiger partial charge on any atom is -0.384 e. The number of nitrogens with zero attached hydrogens (tertiary/aromatic N) is 3. The van der Waals surface area contributed by atoms with Crippen molar-refractivity contribution in [2.75, 3.05) is 31.7 Å². The quantitative estimate of drug-likeness (QED) is 0.365. The summed E-state index contributed by atoms with van der Waals surface area (Å²) in [5.74, 6) is 1.59. The average molecular weight is 528 g/mol. The van der Waals surface area contributed by atoms with Crippen molar-refractivity contribution in [2.24, 2.45) is 16.7 Å². The van der Waals surface area contributed by atoms with Crippen LogP contribution in [0.4, 0.5) is 5.82 Å². The summed E-state index contributed by atoms with van der Waals surface area (Å²) in [4.78, 5) is 22.1. The Morgan fingerprint density at radius 3 is 2.70 bits per heavy atom. The van der Waals surface area contributed by atoms with Crippen LogP contribution in [0.25, 0.3) is 21.9 Å². The number of ketones is 1. The molecule has 2 aromatic heterocycles. The number of sulfonamides is 1. The van der Waals surface area contributed by atoms with Gasteiger partial charge in [-0.1, -0.05) is 32.0 Å². The van der Waals surface area contributed by atoms with Gasteiger partial charge < -0.3 is 15.0 Å². The molecule has 1 unspecified atom stereocenters. The van der Waals surface area contributed by atoms with Crippen LogP contribution in [0, 0.1) is 16.7 Å². The number of carbonyl (C=O) groups excluding carboxylic acids is 1. The highest BCUT2D eigenvalue weighted by atomic mass is 32.2. The molecular formula is C27H37N5O4S. The van der Waals surface area contributed by atoms with E-state index in [1.54, 1.807) is 7.11 Å². The molecule has 3 aromatic rings. The fourth-order valence-electron chi connectivity index (χ4n) is 6.64. The van der Waals surface area contributed by atoms with Crippen LogP contribution in [-0.2, 0) is 32.5 Å². The van der Waals surface area contributed by atoms with Gasteiger partial charge in [-0.3, -0.25) is 4.79 Å². The van der Waals surface area contributed by atoms with Gasteiger partial charge in [-0.05, 0) is 43.1 Å². The van der Waals surface area contributed by atoms with E-state index in [1.165, 1.54) is 0 Å². The third-order valence-electron chi connectivity index (χ3n) is 8.93. The lowest BCUT2D eigenvalue weighted by Gasteiger charge is -2.36. The topological polar surface area (TPSA) is 129 Å². The van der Waals surface area contributed by atoms with Crippen molar-refractivity contribution in [3.63, 3.8) is 0 Å². The number of benzene rings is 1. The molecule has 2 aliphatic rings. The van der Waals surface area contributed by atoms with E-state index in [9.17, 15) is 13.2 Å². The molecular weight excluding hydrogens is 490 g/mol. The van der Waals surface area contributed by atoms with Crippen molar-refractivity contribution in [2.45, 2.75) is 58.9 Å². The molecule has 0 spiro atoms. The fourth-order valence-corrected chi connectivity index (χ4v) is 8.52.